The van der Waals surface area contributed by atoms with E-state index in [1.807, 2.05) is 66.7 Å². The van der Waals surface area contributed by atoms with E-state index in [9.17, 15) is 9.90 Å². The van der Waals surface area contributed by atoms with Gasteiger partial charge in [-0.3, -0.25) is 0 Å². The van der Waals surface area contributed by atoms with E-state index < -0.39 is 32.4 Å². The molecule has 3 rings (SSSR count). The molecule has 38 heavy (non-hydrogen) atoms. The van der Waals surface area contributed by atoms with Gasteiger partial charge in [-0.1, -0.05) is 119 Å². The van der Waals surface area contributed by atoms with Crippen LogP contribution in [0.4, 0.5) is 0 Å². The van der Waals surface area contributed by atoms with Gasteiger partial charge in [0.05, 0.1) is 26.4 Å². The van der Waals surface area contributed by atoms with Crippen LogP contribution < -0.4 is 10.4 Å². The van der Waals surface area contributed by atoms with Crippen molar-refractivity contribution in [2.75, 3.05) is 20.5 Å². The fraction of sp³-hybridized carbons (Fsp3) is 0.387. The smallest absolute Gasteiger partial charge is 0.335 e. The van der Waals surface area contributed by atoms with E-state index in [1.54, 1.807) is 6.92 Å². The summed E-state index contributed by atoms with van der Waals surface area (Å²) in [7, 11) is -1.59. The number of carbonyl (C=O) groups is 1. The molecule has 0 saturated carbocycles. The number of aliphatic hydroxyl groups excluding tert-OH is 1. The van der Waals surface area contributed by atoms with Crippen molar-refractivity contribution in [1.29, 1.82) is 0 Å². The molecule has 0 aliphatic carbocycles. The van der Waals surface area contributed by atoms with Crippen LogP contribution in [0.2, 0.25) is 5.04 Å². The first-order chi connectivity index (χ1) is 18.2. The average molecular weight is 537 g/mol. The number of hydrogen-bond donors (Lipinski definition) is 1. The molecule has 0 unspecified atom stereocenters. The standard InChI is InChI=1S/C31H40O6Si/c1-24(29(32)30(33)34-5)28(36-23-35-21-25-15-9-6-10-16-25)22-37-38(31(2,3)4,26-17-11-7-12-18-26)27-19-13-8-14-20-27/h6-20,24,28-29,32H,21-23H2,1-5H3/t24-,28-,29+/m1/s1. The molecule has 0 spiro atoms. The third-order valence-corrected chi connectivity index (χ3v) is 11.9. The normalized spacial score (nSPS) is 14.5. The van der Waals surface area contributed by atoms with Gasteiger partial charge in [0.2, 0.25) is 0 Å². The molecule has 0 amide bonds. The molecule has 6 nitrogen and oxygen atoms in total. The van der Waals surface area contributed by atoms with E-state index in [4.69, 9.17) is 18.6 Å². The maximum Gasteiger partial charge on any atom is 0.335 e. The Balaban J connectivity index is 1.89. The molecule has 3 atom stereocenters. The van der Waals surface area contributed by atoms with Crippen molar-refractivity contribution in [1.82, 2.24) is 0 Å². The van der Waals surface area contributed by atoms with Crippen LogP contribution in [0.1, 0.15) is 33.3 Å². The van der Waals surface area contributed by atoms with Crippen LogP contribution >= 0.6 is 0 Å². The van der Waals surface area contributed by atoms with E-state index in [1.165, 1.54) is 7.11 Å². The van der Waals surface area contributed by atoms with Crippen molar-refractivity contribution in [3.05, 3.63) is 96.6 Å². The lowest BCUT2D eigenvalue weighted by Gasteiger charge is -2.44. The second kappa shape index (κ2) is 13.8. The summed E-state index contributed by atoms with van der Waals surface area (Å²) in [5.41, 5.74) is 1.03. The molecule has 3 aromatic carbocycles. The summed E-state index contributed by atoms with van der Waals surface area (Å²) in [5.74, 6) is -1.30. The van der Waals surface area contributed by atoms with Gasteiger partial charge in [0.15, 0.2) is 6.10 Å². The zero-order valence-corrected chi connectivity index (χ0v) is 24.0. The Labute approximate surface area is 227 Å². The van der Waals surface area contributed by atoms with E-state index in [0.717, 1.165) is 15.9 Å². The van der Waals surface area contributed by atoms with Gasteiger partial charge < -0.3 is 23.7 Å². The van der Waals surface area contributed by atoms with Crippen molar-refractivity contribution in [3.63, 3.8) is 0 Å². The Morgan fingerprint density at radius 2 is 1.37 bits per heavy atom. The van der Waals surface area contributed by atoms with Gasteiger partial charge in [0, 0.05) is 5.92 Å². The van der Waals surface area contributed by atoms with Gasteiger partial charge >= 0.3 is 5.97 Å². The molecular formula is C31H40O6Si. The number of benzene rings is 3. The van der Waals surface area contributed by atoms with Crippen molar-refractivity contribution >= 4 is 24.7 Å². The van der Waals surface area contributed by atoms with Gasteiger partial charge in [-0.05, 0) is 21.0 Å². The van der Waals surface area contributed by atoms with Crippen LogP contribution in [0.25, 0.3) is 0 Å². The first-order valence-corrected chi connectivity index (χ1v) is 14.9. The minimum absolute atomic E-state index is 0.0120. The van der Waals surface area contributed by atoms with Crippen LogP contribution in [0.3, 0.4) is 0 Å². The molecule has 0 bridgehead atoms. The average Bonchev–Trinajstić information content (AvgIpc) is 2.94. The highest BCUT2D eigenvalue weighted by Crippen LogP contribution is 2.37. The monoisotopic (exact) mass is 536 g/mol. The predicted molar refractivity (Wildman–Crippen MR) is 152 cm³/mol. The summed E-state index contributed by atoms with van der Waals surface area (Å²) in [5, 5.41) is 12.7. The van der Waals surface area contributed by atoms with Gasteiger partial charge in [-0.15, -0.1) is 0 Å². The number of methoxy groups -OCH3 is 1. The maximum absolute atomic E-state index is 12.2. The van der Waals surface area contributed by atoms with E-state index in [2.05, 4.69) is 45.0 Å². The second-order valence-corrected chi connectivity index (χ2v) is 14.8. The lowest BCUT2D eigenvalue weighted by atomic mass is 9.98. The van der Waals surface area contributed by atoms with Crippen molar-refractivity contribution in [2.24, 2.45) is 5.92 Å². The Morgan fingerprint density at radius 3 is 1.84 bits per heavy atom. The zero-order valence-electron chi connectivity index (χ0n) is 23.0. The number of aliphatic hydroxyl groups is 1. The van der Waals surface area contributed by atoms with Crippen molar-refractivity contribution < 1.29 is 28.5 Å². The number of ether oxygens (including phenoxy) is 3. The number of esters is 1. The minimum Gasteiger partial charge on any atom is -0.467 e. The topological polar surface area (TPSA) is 74.2 Å². The van der Waals surface area contributed by atoms with Crippen molar-refractivity contribution in [3.8, 4) is 0 Å². The van der Waals surface area contributed by atoms with Gasteiger partial charge in [0.25, 0.3) is 8.32 Å². The molecular weight excluding hydrogens is 496 g/mol. The quantitative estimate of drug-likeness (QED) is 0.152. The van der Waals surface area contributed by atoms with Crippen molar-refractivity contribution in [2.45, 2.75) is 51.5 Å². The Morgan fingerprint density at radius 1 is 0.868 bits per heavy atom. The fourth-order valence-corrected chi connectivity index (χ4v) is 9.30. The first kappa shape index (κ1) is 29.7. The largest absolute Gasteiger partial charge is 0.467 e. The van der Waals surface area contributed by atoms with Gasteiger partial charge in [-0.25, -0.2) is 4.79 Å². The predicted octanol–water partition coefficient (Wildman–Crippen LogP) is 4.29. The van der Waals surface area contributed by atoms with Crippen LogP contribution in [0, 0.1) is 5.92 Å². The lowest BCUT2D eigenvalue weighted by Crippen LogP contribution is -2.67. The zero-order chi connectivity index (χ0) is 27.6. The first-order valence-electron chi connectivity index (χ1n) is 12.9. The molecule has 3 aromatic rings. The number of rotatable bonds is 13. The Kier molecular flexibility index (Phi) is 10.8. The molecule has 1 N–H and O–H groups in total. The van der Waals surface area contributed by atoms with E-state index in [-0.39, 0.29) is 18.4 Å². The summed E-state index contributed by atoms with van der Waals surface area (Å²) >= 11 is 0. The molecule has 0 radical (unpaired) electrons. The van der Waals surface area contributed by atoms with Crippen LogP contribution in [-0.4, -0.2) is 52.1 Å². The summed E-state index contributed by atoms with van der Waals surface area (Å²) < 4.78 is 23.7. The summed E-state index contributed by atoms with van der Waals surface area (Å²) in [6.07, 6.45) is -1.98. The van der Waals surface area contributed by atoms with Crippen LogP contribution in [0.5, 0.6) is 0 Å². The minimum atomic E-state index is -2.85. The third kappa shape index (κ3) is 7.18. The van der Waals surface area contributed by atoms with E-state index >= 15 is 0 Å². The highest BCUT2D eigenvalue weighted by Gasteiger charge is 2.50. The number of carbonyl (C=O) groups excluding carboxylic acids is 1. The second-order valence-electron chi connectivity index (χ2n) is 10.5. The highest BCUT2D eigenvalue weighted by molar-refractivity contribution is 6.99. The highest BCUT2D eigenvalue weighted by atomic mass is 28.4. The molecule has 0 aromatic heterocycles. The number of hydrogen-bond acceptors (Lipinski definition) is 6. The SMILES string of the molecule is COC(=O)[C@@H](O)[C@H](C)[C@@H](CO[Si](c1ccccc1)(c1ccccc1)C(C)(C)C)OCOCc1ccccc1. The molecule has 0 aliphatic rings. The van der Waals surface area contributed by atoms with Crippen LogP contribution in [-0.2, 0) is 30.0 Å². The van der Waals surface area contributed by atoms with Gasteiger partial charge in [0.1, 0.15) is 6.79 Å². The Hall–Kier alpha value is -2.81. The maximum atomic E-state index is 12.2. The fourth-order valence-electron chi connectivity index (χ4n) is 4.73. The summed E-state index contributed by atoms with van der Waals surface area (Å²) in [4.78, 5) is 12.2. The summed E-state index contributed by atoms with van der Waals surface area (Å²) in [6.45, 7) is 8.90. The molecule has 0 fully saturated rings. The van der Waals surface area contributed by atoms with Crippen LogP contribution in [0.15, 0.2) is 91.0 Å². The van der Waals surface area contributed by atoms with E-state index in [0.29, 0.717) is 6.61 Å². The molecule has 0 saturated heterocycles. The molecule has 7 heteroatoms. The lowest BCUT2D eigenvalue weighted by molar-refractivity contribution is -0.165. The Bertz CT molecular complexity index is 1060. The third-order valence-electron chi connectivity index (χ3n) is 6.89. The molecule has 204 valence electrons. The molecule has 0 heterocycles. The summed E-state index contributed by atoms with van der Waals surface area (Å²) in [6, 6.07) is 30.4. The van der Waals surface area contributed by atoms with Gasteiger partial charge in [-0.2, -0.15) is 0 Å². The molecule has 0 aliphatic heterocycles.